The Morgan fingerprint density at radius 3 is 1.71 bits per heavy atom. The maximum Gasteiger partial charge on any atom is 0.330 e. The van der Waals surface area contributed by atoms with Crippen LogP contribution >= 0.6 is 23.2 Å². The Hall–Kier alpha value is -4.28. The number of imide groups is 1. The summed E-state index contributed by atoms with van der Waals surface area (Å²) in [6.07, 6.45) is -0.680. The number of nitro benzene ring substituents is 1. The Kier molecular flexibility index (Phi) is 6.16. The summed E-state index contributed by atoms with van der Waals surface area (Å²) in [5.74, 6) is -5.84. The van der Waals surface area contributed by atoms with Gasteiger partial charge in [0.1, 0.15) is 22.4 Å². The van der Waals surface area contributed by atoms with Crippen molar-refractivity contribution in [1.29, 1.82) is 0 Å². The highest BCUT2D eigenvalue weighted by atomic mass is 35.5. The highest BCUT2D eigenvalue weighted by Crippen LogP contribution is 2.69. The number of halogens is 2. The Bertz CT molecular complexity index is 1540. The smallest absolute Gasteiger partial charge is 0.330 e. The Morgan fingerprint density at radius 2 is 1.32 bits per heavy atom. The summed E-state index contributed by atoms with van der Waals surface area (Å²) in [7, 11) is 0. The van der Waals surface area contributed by atoms with Gasteiger partial charge < -0.3 is 10.5 Å². The molecule has 0 radical (unpaired) electrons. The number of hydrogen-bond acceptors (Lipinski definition) is 7. The molecule has 0 unspecified atom stereocenters. The zero-order valence-electron chi connectivity index (χ0n) is 21.2. The summed E-state index contributed by atoms with van der Waals surface area (Å²) < 4.78 is 5.37. The Balaban J connectivity index is 1.38. The van der Waals surface area contributed by atoms with Crippen molar-refractivity contribution in [2.45, 2.75) is 28.8 Å². The minimum Gasteiger partial charge on any atom is -0.459 e. The molecule has 3 aliphatic carbocycles. The molecule has 0 aromatic heterocycles. The highest BCUT2D eigenvalue weighted by Gasteiger charge is 2.73. The van der Waals surface area contributed by atoms with Gasteiger partial charge in [-0.05, 0) is 39.9 Å². The molecule has 3 amide bonds. The highest BCUT2D eigenvalue weighted by molar-refractivity contribution is 6.36. The van der Waals surface area contributed by atoms with Crippen LogP contribution in [0, 0.1) is 22.0 Å². The number of carbonyl (C=O) groups excluding carboxylic acids is 4. The summed E-state index contributed by atoms with van der Waals surface area (Å²) in [4.78, 5) is 61.8. The lowest BCUT2D eigenvalue weighted by atomic mass is 9.54. The molecular formula is C29H21Cl2N3O7. The normalized spacial score (nSPS) is 26.1. The number of carbonyl (C=O) groups is 4. The van der Waals surface area contributed by atoms with Crippen LogP contribution in [-0.4, -0.2) is 39.6 Å². The third-order valence-corrected chi connectivity index (χ3v) is 9.41. The summed E-state index contributed by atoms with van der Waals surface area (Å²) >= 11 is 14.8. The van der Waals surface area contributed by atoms with E-state index in [2.05, 4.69) is 0 Å². The summed E-state index contributed by atoms with van der Waals surface area (Å²) in [6.45, 7) is -0.328. The standard InChI is InChI=1S/C29H21Cl2N3O7/c30-28-17-5-1-2-6-18(17)29(31,20-8-4-3-7-19(20)28)24-23(28)25(36)33(26(24)37)21(13-22(32)35)27(38)41-14-15-9-11-16(12-10-15)34(39)40/h1-12,21,23-24H,13-14H2,(H2,32,35)/t21-,23+,24+,28?,29?/m1/s1. The number of nitro groups is 1. The lowest BCUT2D eigenvalue weighted by molar-refractivity contribution is -0.384. The number of likely N-dealkylation sites (tertiary alicyclic amines) is 1. The second kappa shape index (κ2) is 9.39. The van der Waals surface area contributed by atoms with E-state index in [0.717, 1.165) is 4.90 Å². The fraction of sp³-hybridized carbons (Fsp3) is 0.241. The quantitative estimate of drug-likeness (QED) is 0.145. The van der Waals surface area contributed by atoms with Gasteiger partial charge in [0, 0.05) is 12.1 Å². The number of alkyl halides is 2. The number of ether oxygens (including phenoxy) is 1. The average Bonchev–Trinajstić information content (AvgIpc) is 3.24. The Morgan fingerprint density at radius 1 is 0.878 bits per heavy atom. The SMILES string of the molecule is NC(=O)C[C@H](C(=O)OCc1ccc([N+](=O)[O-])cc1)N1C(=O)[C@@H]2[C@@H](C1=O)C1(Cl)c3ccccc3C2(Cl)c2ccccc21. The molecule has 2 bridgehead atoms. The molecule has 3 aromatic rings. The van der Waals surface area contributed by atoms with Crippen molar-refractivity contribution < 1.29 is 28.8 Å². The fourth-order valence-electron chi connectivity index (χ4n) is 6.43. The van der Waals surface area contributed by atoms with E-state index < -0.39 is 62.7 Å². The molecule has 3 atom stereocenters. The van der Waals surface area contributed by atoms with Crippen LogP contribution < -0.4 is 5.73 Å². The van der Waals surface area contributed by atoms with Crippen molar-refractivity contribution in [2.75, 3.05) is 0 Å². The van der Waals surface area contributed by atoms with Crippen LogP contribution in [0.2, 0.25) is 0 Å². The van der Waals surface area contributed by atoms with E-state index in [1.165, 1.54) is 24.3 Å². The number of rotatable bonds is 7. The molecule has 10 nitrogen and oxygen atoms in total. The van der Waals surface area contributed by atoms with E-state index in [0.29, 0.717) is 27.8 Å². The van der Waals surface area contributed by atoms with Crippen LogP contribution in [0.25, 0.3) is 0 Å². The Labute approximate surface area is 243 Å². The van der Waals surface area contributed by atoms with Crippen molar-refractivity contribution in [2.24, 2.45) is 17.6 Å². The molecule has 208 valence electrons. The van der Waals surface area contributed by atoms with E-state index in [9.17, 15) is 29.3 Å². The average molecular weight is 594 g/mol. The number of nitrogens with zero attached hydrogens (tertiary/aromatic N) is 2. The van der Waals surface area contributed by atoms with Crippen molar-refractivity contribution in [1.82, 2.24) is 4.90 Å². The number of nitrogens with two attached hydrogens (primary N) is 1. The van der Waals surface area contributed by atoms with Gasteiger partial charge in [-0.2, -0.15) is 0 Å². The first-order valence-corrected chi connectivity index (χ1v) is 13.4. The molecule has 12 heteroatoms. The van der Waals surface area contributed by atoms with Crippen LogP contribution in [-0.2, 0) is 40.3 Å². The van der Waals surface area contributed by atoms with Crippen LogP contribution in [0.15, 0.2) is 72.8 Å². The number of amides is 3. The van der Waals surface area contributed by atoms with Gasteiger partial charge in [-0.3, -0.25) is 29.4 Å². The van der Waals surface area contributed by atoms with Crippen molar-refractivity contribution in [3.8, 4) is 0 Å². The summed E-state index contributed by atoms with van der Waals surface area (Å²) in [5.41, 5.74) is 8.06. The molecule has 1 aliphatic heterocycles. The van der Waals surface area contributed by atoms with E-state index >= 15 is 0 Å². The molecule has 41 heavy (non-hydrogen) atoms. The van der Waals surface area contributed by atoms with Crippen molar-refractivity contribution in [3.05, 3.63) is 111 Å². The van der Waals surface area contributed by atoms with Crippen LogP contribution in [0.5, 0.6) is 0 Å². The van der Waals surface area contributed by atoms with Gasteiger partial charge in [-0.15, -0.1) is 23.2 Å². The first-order valence-electron chi connectivity index (χ1n) is 12.6. The zero-order valence-corrected chi connectivity index (χ0v) is 22.7. The molecule has 2 N–H and O–H groups in total. The first-order chi connectivity index (χ1) is 19.5. The number of benzene rings is 3. The minimum atomic E-state index is -1.66. The number of esters is 1. The van der Waals surface area contributed by atoms with Crippen LogP contribution in [0.4, 0.5) is 5.69 Å². The van der Waals surface area contributed by atoms with Gasteiger partial charge in [-0.25, -0.2) is 4.79 Å². The van der Waals surface area contributed by atoms with E-state index in [4.69, 9.17) is 33.7 Å². The lowest BCUT2D eigenvalue weighted by Crippen LogP contribution is -2.57. The third-order valence-electron chi connectivity index (χ3n) is 8.13. The zero-order chi connectivity index (χ0) is 29.3. The first kappa shape index (κ1) is 26.9. The van der Waals surface area contributed by atoms with Crippen LogP contribution in [0.1, 0.15) is 34.2 Å². The molecule has 0 spiro atoms. The van der Waals surface area contributed by atoms with E-state index in [-0.39, 0.29) is 12.3 Å². The molecule has 3 aromatic carbocycles. The van der Waals surface area contributed by atoms with Gasteiger partial charge in [0.15, 0.2) is 0 Å². The number of non-ortho nitro benzene ring substituents is 1. The van der Waals surface area contributed by atoms with Crippen molar-refractivity contribution >= 4 is 52.6 Å². The topological polar surface area (TPSA) is 150 Å². The number of primary amides is 1. The van der Waals surface area contributed by atoms with Gasteiger partial charge in [0.05, 0.1) is 23.2 Å². The summed E-state index contributed by atoms with van der Waals surface area (Å²) in [6, 6.07) is 17.8. The summed E-state index contributed by atoms with van der Waals surface area (Å²) in [5, 5.41) is 10.9. The molecule has 0 saturated carbocycles. The molecule has 1 heterocycles. The molecule has 1 fully saturated rings. The van der Waals surface area contributed by atoms with Crippen LogP contribution in [0.3, 0.4) is 0 Å². The lowest BCUT2D eigenvalue weighted by Gasteiger charge is -2.54. The van der Waals surface area contributed by atoms with Gasteiger partial charge in [-0.1, -0.05) is 48.5 Å². The fourth-order valence-corrected chi connectivity index (χ4v) is 7.53. The maximum atomic E-state index is 14.1. The predicted octanol–water partition coefficient (Wildman–Crippen LogP) is 3.48. The largest absolute Gasteiger partial charge is 0.459 e. The predicted molar refractivity (Wildman–Crippen MR) is 145 cm³/mol. The second-order valence-corrected chi connectivity index (χ2v) is 11.4. The van der Waals surface area contributed by atoms with Crippen molar-refractivity contribution in [3.63, 3.8) is 0 Å². The molecular weight excluding hydrogens is 573 g/mol. The number of hydrogen-bond donors (Lipinski definition) is 1. The molecule has 1 saturated heterocycles. The van der Waals surface area contributed by atoms with E-state index in [1.54, 1.807) is 48.5 Å². The third kappa shape index (κ3) is 3.70. The maximum absolute atomic E-state index is 14.1. The monoisotopic (exact) mass is 593 g/mol. The second-order valence-electron chi connectivity index (χ2n) is 10.2. The molecule has 7 rings (SSSR count). The van der Waals surface area contributed by atoms with Gasteiger partial charge in [0.2, 0.25) is 17.7 Å². The van der Waals surface area contributed by atoms with Gasteiger partial charge >= 0.3 is 5.97 Å². The molecule has 4 aliphatic rings. The van der Waals surface area contributed by atoms with E-state index in [1.807, 2.05) is 0 Å². The minimum absolute atomic E-state index is 0.149. The van der Waals surface area contributed by atoms with Gasteiger partial charge in [0.25, 0.3) is 5.69 Å².